The fourth-order valence-electron chi connectivity index (χ4n) is 1.91. The Balaban J connectivity index is 0.00000192. The van der Waals surface area contributed by atoms with Gasteiger partial charge in [-0.25, -0.2) is 4.98 Å². The number of nitrogens with zero attached hydrogens (tertiary/aromatic N) is 4. The van der Waals surface area contributed by atoms with Crippen LogP contribution < -0.4 is 10.0 Å². The van der Waals surface area contributed by atoms with Crippen molar-refractivity contribution in [2.45, 2.75) is 7.43 Å². The van der Waals surface area contributed by atoms with Gasteiger partial charge in [-0.15, -0.1) is 0 Å². The van der Waals surface area contributed by atoms with Crippen molar-refractivity contribution in [3.63, 3.8) is 0 Å². The van der Waals surface area contributed by atoms with Gasteiger partial charge in [0.25, 0.3) is 0 Å². The first-order valence-electron chi connectivity index (χ1n) is 6.17. The molecule has 0 radical (unpaired) electrons. The van der Waals surface area contributed by atoms with Crippen LogP contribution in [0.5, 0.6) is 0 Å². The van der Waals surface area contributed by atoms with Crippen molar-refractivity contribution >= 4 is 63.4 Å². The summed E-state index contributed by atoms with van der Waals surface area (Å²) in [7, 11) is 0. The minimum absolute atomic E-state index is 0. The number of nitrogens with one attached hydrogen (secondary N) is 2. The van der Waals surface area contributed by atoms with Crippen LogP contribution in [-0.4, -0.2) is 26.2 Å². The van der Waals surface area contributed by atoms with E-state index >= 15 is 0 Å². The SMILES string of the molecule is C.CSNc1c(Nc2nc(Cl)ncc2Cl)ccc2nccnc12. The average molecular weight is 369 g/mol. The highest BCUT2D eigenvalue weighted by atomic mass is 35.5. The van der Waals surface area contributed by atoms with Gasteiger partial charge in [0.1, 0.15) is 10.5 Å². The summed E-state index contributed by atoms with van der Waals surface area (Å²) in [5.41, 5.74) is 3.09. The number of hydrogen-bond acceptors (Lipinski definition) is 7. The topological polar surface area (TPSA) is 75.6 Å². The van der Waals surface area contributed by atoms with Gasteiger partial charge in [0.05, 0.1) is 23.1 Å². The fraction of sp³-hybridized carbons (Fsp3) is 0.143. The first-order chi connectivity index (χ1) is 10.7. The minimum atomic E-state index is 0. The molecule has 0 aliphatic carbocycles. The molecule has 6 nitrogen and oxygen atoms in total. The molecule has 0 saturated carbocycles. The van der Waals surface area contributed by atoms with Gasteiger partial charge in [0.15, 0.2) is 5.82 Å². The monoisotopic (exact) mass is 368 g/mol. The van der Waals surface area contributed by atoms with E-state index in [2.05, 4.69) is 30.0 Å². The lowest BCUT2D eigenvalue weighted by atomic mass is 10.2. The van der Waals surface area contributed by atoms with E-state index in [0.717, 1.165) is 22.4 Å². The van der Waals surface area contributed by atoms with Gasteiger partial charge in [-0.05, 0) is 23.7 Å². The van der Waals surface area contributed by atoms with Crippen LogP contribution in [0, 0.1) is 0 Å². The Kier molecular flexibility index (Phi) is 5.81. The predicted molar refractivity (Wildman–Crippen MR) is 98.7 cm³/mol. The summed E-state index contributed by atoms with van der Waals surface area (Å²) < 4.78 is 3.21. The van der Waals surface area contributed by atoms with E-state index in [1.165, 1.54) is 18.1 Å². The highest BCUT2D eigenvalue weighted by Gasteiger charge is 2.12. The first kappa shape index (κ1) is 17.5. The van der Waals surface area contributed by atoms with Gasteiger partial charge >= 0.3 is 0 Å². The molecule has 3 rings (SSSR count). The molecule has 2 N–H and O–H groups in total. The third-order valence-corrected chi connectivity index (χ3v) is 3.68. The Hall–Kier alpha value is -1.83. The summed E-state index contributed by atoms with van der Waals surface area (Å²) in [6.45, 7) is 0. The number of anilines is 3. The molecule has 3 aromatic rings. The van der Waals surface area contributed by atoms with E-state index in [-0.39, 0.29) is 12.7 Å². The maximum atomic E-state index is 6.09. The van der Waals surface area contributed by atoms with Gasteiger partial charge in [0.2, 0.25) is 5.28 Å². The molecule has 2 aromatic heterocycles. The van der Waals surface area contributed by atoms with Gasteiger partial charge in [0, 0.05) is 18.6 Å². The van der Waals surface area contributed by atoms with Crippen LogP contribution in [0.15, 0.2) is 30.7 Å². The van der Waals surface area contributed by atoms with Gasteiger partial charge in [-0.1, -0.05) is 31.0 Å². The first-order valence-corrected chi connectivity index (χ1v) is 8.15. The fourth-order valence-corrected chi connectivity index (χ4v) is 2.59. The Morgan fingerprint density at radius 2 is 1.87 bits per heavy atom. The summed E-state index contributed by atoms with van der Waals surface area (Å²) in [6, 6.07) is 3.74. The molecule has 0 saturated heterocycles. The molecule has 9 heteroatoms. The van der Waals surface area contributed by atoms with Crippen LogP contribution in [0.3, 0.4) is 0 Å². The lowest BCUT2D eigenvalue weighted by Crippen LogP contribution is -2.01. The van der Waals surface area contributed by atoms with Crippen LogP contribution in [-0.2, 0) is 0 Å². The van der Waals surface area contributed by atoms with Crippen LogP contribution in [0.1, 0.15) is 7.43 Å². The third kappa shape index (κ3) is 3.74. The number of fused-ring (bicyclic) bond motifs is 1. The molecule has 0 bridgehead atoms. The Labute approximate surface area is 148 Å². The number of halogens is 2. The number of rotatable bonds is 4. The van der Waals surface area contributed by atoms with Crippen molar-refractivity contribution in [2.24, 2.45) is 0 Å². The molecule has 0 fully saturated rings. The lowest BCUT2D eigenvalue weighted by molar-refractivity contribution is 1.17. The zero-order valence-corrected chi connectivity index (χ0v) is 13.7. The molecule has 1 aromatic carbocycles. The Morgan fingerprint density at radius 1 is 1.09 bits per heavy atom. The second-order valence-corrected chi connectivity index (χ2v) is 5.54. The van der Waals surface area contributed by atoms with Crippen molar-refractivity contribution in [3.8, 4) is 0 Å². The smallest absolute Gasteiger partial charge is 0.224 e. The molecule has 0 atom stereocenters. The molecule has 2 heterocycles. The Bertz CT molecular complexity index is 829. The number of benzene rings is 1. The van der Waals surface area contributed by atoms with Crippen molar-refractivity contribution in [1.29, 1.82) is 0 Å². The quantitative estimate of drug-likeness (QED) is 0.505. The second-order valence-electron chi connectivity index (χ2n) is 4.18. The molecule has 0 spiro atoms. The van der Waals surface area contributed by atoms with Crippen LogP contribution in [0.4, 0.5) is 17.2 Å². The maximum absolute atomic E-state index is 6.09. The largest absolute Gasteiger partial charge is 0.337 e. The average Bonchev–Trinajstić information content (AvgIpc) is 2.53. The van der Waals surface area contributed by atoms with Crippen molar-refractivity contribution in [3.05, 3.63) is 41.0 Å². The van der Waals surface area contributed by atoms with Crippen LogP contribution in [0.2, 0.25) is 10.3 Å². The zero-order valence-electron chi connectivity index (χ0n) is 11.3. The molecular weight excluding hydrogens is 355 g/mol. The highest BCUT2D eigenvalue weighted by Crippen LogP contribution is 2.34. The molecule has 23 heavy (non-hydrogen) atoms. The van der Waals surface area contributed by atoms with E-state index in [4.69, 9.17) is 23.2 Å². The lowest BCUT2D eigenvalue weighted by Gasteiger charge is -2.14. The van der Waals surface area contributed by atoms with Crippen molar-refractivity contribution < 1.29 is 0 Å². The number of hydrogen-bond donors (Lipinski definition) is 2. The van der Waals surface area contributed by atoms with E-state index in [1.807, 2.05) is 18.4 Å². The molecular formula is C14H14Cl2N6S. The normalized spacial score (nSPS) is 10.2. The third-order valence-electron chi connectivity index (χ3n) is 2.81. The van der Waals surface area contributed by atoms with Gasteiger partial charge in [-0.3, -0.25) is 9.97 Å². The molecule has 0 aliphatic heterocycles. The van der Waals surface area contributed by atoms with E-state index in [1.54, 1.807) is 12.4 Å². The van der Waals surface area contributed by atoms with Crippen LogP contribution >= 0.6 is 35.1 Å². The summed E-state index contributed by atoms with van der Waals surface area (Å²) in [4.78, 5) is 16.6. The summed E-state index contributed by atoms with van der Waals surface area (Å²) in [5.74, 6) is 0.425. The minimum Gasteiger partial charge on any atom is -0.337 e. The van der Waals surface area contributed by atoms with E-state index < -0.39 is 0 Å². The molecule has 0 unspecified atom stereocenters. The Morgan fingerprint density at radius 3 is 2.65 bits per heavy atom. The van der Waals surface area contributed by atoms with E-state index in [9.17, 15) is 0 Å². The van der Waals surface area contributed by atoms with Crippen molar-refractivity contribution in [1.82, 2.24) is 19.9 Å². The molecule has 120 valence electrons. The summed E-state index contributed by atoms with van der Waals surface area (Å²) >= 11 is 13.4. The summed E-state index contributed by atoms with van der Waals surface area (Å²) in [5, 5.41) is 3.64. The van der Waals surface area contributed by atoms with E-state index in [0.29, 0.717) is 10.8 Å². The predicted octanol–water partition coefficient (Wildman–Crippen LogP) is 4.80. The standard InChI is InChI=1S/C13H10Cl2N6S.CH4/c1-22-21-11-9(3-2-8-10(11)17-5-4-16-8)19-12-7(14)6-18-13(15)20-12;/h2-6,21H,1H3,(H,18,19,20);1H4. The van der Waals surface area contributed by atoms with Gasteiger partial charge < -0.3 is 10.0 Å². The second kappa shape index (κ2) is 7.63. The van der Waals surface area contributed by atoms with Crippen LogP contribution in [0.25, 0.3) is 11.0 Å². The zero-order chi connectivity index (χ0) is 15.5. The molecule has 0 aliphatic rings. The number of aromatic nitrogens is 4. The highest BCUT2D eigenvalue weighted by molar-refractivity contribution is 7.99. The van der Waals surface area contributed by atoms with Gasteiger partial charge in [-0.2, -0.15) is 4.98 Å². The molecule has 0 amide bonds. The maximum Gasteiger partial charge on any atom is 0.224 e. The summed E-state index contributed by atoms with van der Waals surface area (Å²) in [6.07, 6.45) is 6.67. The van der Waals surface area contributed by atoms with Crippen molar-refractivity contribution in [2.75, 3.05) is 16.3 Å².